The summed E-state index contributed by atoms with van der Waals surface area (Å²) in [6, 6.07) is 11.8. The minimum absolute atomic E-state index is 0.0222. The lowest BCUT2D eigenvalue weighted by Gasteiger charge is -2.22. The Hall–Kier alpha value is -3.35. The summed E-state index contributed by atoms with van der Waals surface area (Å²) < 4.78 is 11.2. The van der Waals surface area contributed by atoms with Crippen LogP contribution in [0.3, 0.4) is 0 Å². The normalized spacial score (nSPS) is 16.6. The molecule has 1 fully saturated rings. The fourth-order valence-electron chi connectivity index (χ4n) is 3.24. The van der Waals surface area contributed by atoms with Crippen LogP contribution < -0.4 is 14.8 Å². The molecule has 1 saturated carbocycles. The number of amides is 1. The molecule has 7 nitrogen and oxygen atoms in total. The monoisotopic (exact) mass is 380 g/mol. The van der Waals surface area contributed by atoms with E-state index in [1.54, 1.807) is 18.2 Å². The van der Waals surface area contributed by atoms with Gasteiger partial charge in [0.1, 0.15) is 13.2 Å². The smallest absolute Gasteiger partial charge is 0.269 e. The molecule has 0 aromatic heterocycles. The molecule has 1 unspecified atom stereocenters. The van der Waals surface area contributed by atoms with Crippen molar-refractivity contribution >= 4 is 17.7 Å². The van der Waals surface area contributed by atoms with Gasteiger partial charge in [-0.15, -0.1) is 0 Å². The maximum atomic E-state index is 12.4. The summed E-state index contributed by atoms with van der Waals surface area (Å²) in [5.41, 5.74) is 1.75. The number of nitrogens with zero attached hydrogens (tertiary/aromatic N) is 1. The summed E-state index contributed by atoms with van der Waals surface area (Å²) in [5, 5.41) is 13.8. The molecular weight excluding hydrogens is 360 g/mol. The molecule has 2 aromatic carbocycles. The lowest BCUT2D eigenvalue weighted by atomic mass is 10.0. The fraction of sp³-hybridized carbons (Fsp3) is 0.286. The van der Waals surface area contributed by atoms with Crippen molar-refractivity contribution < 1.29 is 19.2 Å². The minimum Gasteiger partial charge on any atom is -0.486 e. The van der Waals surface area contributed by atoms with Crippen LogP contribution in [0.1, 0.15) is 30.0 Å². The quantitative estimate of drug-likeness (QED) is 0.469. The van der Waals surface area contributed by atoms with Crippen LogP contribution in [-0.2, 0) is 4.79 Å². The van der Waals surface area contributed by atoms with Crippen molar-refractivity contribution in [2.75, 3.05) is 13.2 Å². The maximum absolute atomic E-state index is 12.4. The topological polar surface area (TPSA) is 90.7 Å². The Labute approximate surface area is 162 Å². The zero-order valence-corrected chi connectivity index (χ0v) is 15.2. The van der Waals surface area contributed by atoms with Gasteiger partial charge in [0, 0.05) is 18.2 Å². The van der Waals surface area contributed by atoms with E-state index in [1.807, 2.05) is 18.2 Å². The molecule has 2 aliphatic rings. The Morgan fingerprint density at radius 1 is 1.11 bits per heavy atom. The van der Waals surface area contributed by atoms with Gasteiger partial charge in [0.2, 0.25) is 5.91 Å². The molecule has 4 rings (SSSR count). The Kier molecular flexibility index (Phi) is 4.97. The summed E-state index contributed by atoms with van der Waals surface area (Å²) in [6.45, 7) is 1.07. The van der Waals surface area contributed by atoms with E-state index >= 15 is 0 Å². The predicted molar refractivity (Wildman–Crippen MR) is 103 cm³/mol. The highest BCUT2D eigenvalue weighted by Gasteiger charge is 2.33. The van der Waals surface area contributed by atoms with Crippen LogP contribution in [-0.4, -0.2) is 24.0 Å². The zero-order chi connectivity index (χ0) is 19.5. The Balaban J connectivity index is 1.44. The predicted octanol–water partition coefficient (Wildman–Crippen LogP) is 3.65. The molecule has 0 radical (unpaired) electrons. The van der Waals surface area contributed by atoms with Crippen LogP contribution in [0.25, 0.3) is 6.08 Å². The van der Waals surface area contributed by atoms with Gasteiger partial charge in [-0.1, -0.05) is 6.07 Å². The van der Waals surface area contributed by atoms with Gasteiger partial charge in [0.05, 0.1) is 11.0 Å². The first-order valence-electron chi connectivity index (χ1n) is 9.23. The van der Waals surface area contributed by atoms with Crippen molar-refractivity contribution in [1.29, 1.82) is 0 Å². The van der Waals surface area contributed by atoms with Crippen molar-refractivity contribution in [3.63, 3.8) is 0 Å². The zero-order valence-electron chi connectivity index (χ0n) is 15.2. The second-order valence-electron chi connectivity index (χ2n) is 6.91. The number of carbonyl (C=O) groups excluding carboxylic acids is 1. The summed E-state index contributed by atoms with van der Waals surface area (Å²) in [4.78, 5) is 22.7. The lowest BCUT2D eigenvalue weighted by molar-refractivity contribution is -0.384. The second-order valence-corrected chi connectivity index (χ2v) is 6.91. The molecule has 1 aliphatic heterocycles. The van der Waals surface area contributed by atoms with Crippen molar-refractivity contribution in [2.24, 2.45) is 5.92 Å². The molecule has 28 heavy (non-hydrogen) atoms. The van der Waals surface area contributed by atoms with Crippen molar-refractivity contribution in [3.05, 3.63) is 69.8 Å². The molecule has 144 valence electrons. The van der Waals surface area contributed by atoms with E-state index in [4.69, 9.17) is 9.47 Å². The average molecular weight is 380 g/mol. The summed E-state index contributed by atoms with van der Waals surface area (Å²) in [5.74, 6) is 1.66. The van der Waals surface area contributed by atoms with Crippen molar-refractivity contribution in [3.8, 4) is 11.5 Å². The molecule has 7 heteroatoms. The van der Waals surface area contributed by atoms with Gasteiger partial charge in [-0.05, 0) is 60.2 Å². The van der Waals surface area contributed by atoms with Gasteiger partial charge < -0.3 is 14.8 Å². The minimum atomic E-state index is -0.451. The molecule has 0 spiro atoms. The van der Waals surface area contributed by atoms with Crippen LogP contribution >= 0.6 is 0 Å². The van der Waals surface area contributed by atoms with Gasteiger partial charge in [0.25, 0.3) is 5.69 Å². The van der Waals surface area contributed by atoms with Gasteiger partial charge in [-0.2, -0.15) is 0 Å². The SMILES string of the molecule is O=C(C=Cc1ccc([N+](=O)[O-])cc1)NC(c1ccc2c(c1)OCCO2)C1CC1. The van der Waals surface area contributed by atoms with Crippen molar-refractivity contribution in [2.45, 2.75) is 18.9 Å². The number of nitrogens with one attached hydrogen (secondary N) is 1. The number of carbonyl (C=O) groups is 1. The molecule has 0 bridgehead atoms. The molecule has 1 N–H and O–H groups in total. The third kappa shape index (κ3) is 4.14. The second kappa shape index (κ2) is 7.72. The molecule has 1 atom stereocenters. The summed E-state index contributed by atoms with van der Waals surface area (Å²) >= 11 is 0. The van der Waals surface area contributed by atoms with E-state index in [9.17, 15) is 14.9 Å². The number of ether oxygens (including phenoxy) is 2. The van der Waals surface area contributed by atoms with E-state index in [1.165, 1.54) is 18.2 Å². The van der Waals surface area contributed by atoms with Crippen LogP contribution in [0.4, 0.5) is 5.69 Å². The molecule has 1 aliphatic carbocycles. The number of hydrogen-bond acceptors (Lipinski definition) is 5. The maximum Gasteiger partial charge on any atom is 0.269 e. The van der Waals surface area contributed by atoms with Gasteiger partial charge in [-0.25, -0.2) is 0 Å². The highest BCUT2D eigenvalue weighted by molar-refractivity contribution is 5.92. The third-order valence-corrected chi connectivity index (χ3v) is 4.85. The first kappa shape index (κ1) is 18.0. The third-order valence-electron chi connectivity index (χ3n) is 4.85. The Bertz CT molecular complexity index is 919. The standard InChI is InChI=1S/C21H20N2O5/c24-20(10-3-14-1-7-17(8-2-14)23(25)26)22-21(15-4-5-15)16-6-9-18-19(13-16)28-12-11-27-18/h1-3,6-10,13,15,21H,4-5,11-12H2,(H,22,24). The van der Waals surface area contributed by atoms with Gasteiger partial charge >= 0.3 is 0 Å². The van der Waals surface area contributed by atoms with Crippen molar-refractivity contribution in [1.82, 2.24) is 5.32 Å². The largest absolute Gasteiger partial charge is 0.486 e. The number of fused-ring (bicyclic) bond motifs is 1. The molecule has 1 heterocycles. The van der Waals surface area contributed by atoms with Crippen LogP contribution in [0, 0.1) is 16.0 Å². The van der Waals surface area contributed by atoms with Gasteiger partial charge in [0.15, 0.2) is 11.5 Å². The molecular formula is C21H20N2O5. The highest BCUT2D eigenvalue weighted by Crippen LogP contribution is 2.43. The molecule has 1 amide bonds. The average Bonchev–Trinajstić information content (AvgIpc) is 3.55. The number of benzene rings is 2. The molecule has 0 saturated heterocycles. The first-order chi connectivity index (χ1) is 13.6. The number of non-ortho nitro benzene ring substituents is 1. The Morgan fingerprint density at radius 3 is 2.50 bits per heavy atom. The lowest BCUT2D eigenvalue weighted by Crippen LogP contribution is -2.28. The van der Waals surface area contributed by atoms with Crippen LogP contribution in [0.5, 0.6) is 11.5 Å². The number of nitro benzene ring substituents is 1. The molecule has 2 aromatic rings. The van der Waals surface area contributed by atoms with E-state index in [0.717, 1.165) is 29.7 Å². The van der Waals surface area contributed by atoms with Crippen LogP contribution in [0.2, 0.25) is 0 Å². The first-order valence-corrected chi connectivity index (χ1v) is 9.23. The van der Waals surface area contributed by atoms with E-state index < -0.39 is 4.92 Å². The fourth-order valence-corrected chi connectivity index (χ4v) is 3.24. The summed E-state index contributed by atoms with van der Waals surface area (Å²) in [7, 11) is 0. The highest BCUT2D eigenvalue weighted by atomic mass is 16.6. The Morgan fingerprint density at radius 2 is 1.82 bits per heavy atom. The number of nitro groups is 1. The van der Waals surface area contributed by atoms with Gasteiger partial charge in [-0.3, -0.25) is 14.9 Å². The number of hydrogen-bond donors (Lipinski definition) is 1. The van der Waals surface area contributed by atoms with E-state index in [-0.39, 0.29) is 17.6 Å². The summed E-state index contributed by atoms with van der Waals surface area (Å²) in [6.07, 6.45) is 5.25. The van der Waals surface area contributed by atoms with E-state index in [2.05, 4.69) is 5.32 Å². The van der Waals surface area contributed by atoms with E-state index in [0.29, 0.717) is 24.9 Å². The van der Waals surface area contributed by atoms with Crippen LogP contribution in [0.15, 0.2) is 48.5 Å². The number of rotatable bonds is 6.